The highest BCUT2D eigenvalue weighted by Gasteiger charge is 2.18. The van der Waals surface area contributed by atoms with Crippen LogP contribution in [-0.4, -0.2) is 28.2 Å². The fraction of sp³-hybridized carbons (Fsp3) is 0.190. The lowest BCUT2D eigenvalue weighted by Crippen LogP contribution is -2.34. The second-order valence-corrected chi connectivity index (χ2v) is 6.07. The zero-order valence-electron chi connectivity index (χ0n) is 14.9. The maximum absolute atomic E-state index is 12.7. The summed E-state index contributed by atoms with van der Waals surface area (Å²) in [5.74, 6) is -0.288. The molecule has 138 valence electrons. The molecule has 1 N–H and O–H groups in total. The van der Waals surface area contributed by atoms with E-state index < -0.39 is 0 Å². The van der Waals surface area contributed by atoms with Gasteiger partial charge in [-0.05, 0) is 23.8 Å². The van der Waals surface area contributed by atoms with Crippen molar-refractivity contribution in [1.82, 2.24) is 15.2 Å². The summed E-state index contributed by atoms with van der Waals surface area (Å²) in [5, 5.41) is 2.83. The van der Waals surface area contributed by atoms with Crippen molar-refractivity contribution in [2.45, 2.75) is 19.5 Å². The van der Waals surface area contributed by atoms with Crippen molar-refractivity contribution in [3.8, 4) is 0 Å². The van der Waals surface area contributed by atoms with Gasteiger partial charge in [0.2, 0.25) is 5.91 Å². The Bertz CT molecular complexity index is 849. The Kier molecular flexibility index (Phi) is 6.35. The third-order valence-corrected chi connectivity index (χ3v) is 4.07. The molecule has 0 radical (unpaired) electrons. The van der Waals surface area contributed by atoms with E-state index in [-0.39, 0.29) is 18.2 Å². The van der Waals surface area contributed by atoms with Crippen LogP contribution in [0.4, 0.5) is 0 Å². The van der Waals surface area contributed by atoms with E-state index in [9.17, 15) is 9.59 Å². The molecule has 3 rings (SSSR count). The van der Waals surface area contributed by atoms with Gasteiger partial charge < -0.3 is 14.6 Å². The molecular formula is C21H21N3O3. The summed E-state index contributed by atoms with van der Waals surface area (Å²) in [5.41, 5.74) is 2.27. The number of carbonyl (C=O) groups is 2. The van der Waals surface area contributed by atoms with E-state index in [1.54, 1.807) is 17.2 Å². The lowest BCUT2D eigenvalue weighted by molar-refractivity contribution is -0.121. The third kappa shape index (κ3) is 5.54. The lowest BCUT2D eigenvalue weighted by atomic mass is 10.2. The first-order chi connectivity index (χ1) is 13.2. The summed E-state index contributed by atoms with van der Waals surface area (Å²) >= 11 is 0. The Morgan fingerprint density at radius 2 is 1.85 bits per heavy atom. The Morgan fingerprint density at radius 3 is 2.56 bits per heavy atom. The van der Waals surface area contributed by atoms with E-state index in [0.29, 0.717) is 25.2 Å². The van der Waals surface area contributed by atoms with E-state index in [2.05, 4.69) is 10.3 Å². The van der Waals surface area contributed by atoms with E-state index >= 15 is 0 Å². The molecule has 0 saturated heterocycles. The summed E-state index contributed by atoms with van der Waals surface area (Å²) in [6, 6.07) is 16.9. The molecule has 0 unspecified atom stereocenters. The SMILES string of the molecule is O=C(CCN(Cc1ccccc1)C(=O)c1ccoc1)NCc1ccccn1. The molecule has 0 fully saturated rings. The highest BCUT2D eigenvalue weighted by molar-refractivity contribution is 5.94. The van der Waals surface area contributed by atoms with E-state index in [1.165, 1.54) is 12.5 Å². The van der Waals surface area contributed by atoms with Crippen LogP contribution in [0.1, 0.15) is 28.0 Å². The molecule has 2 heterocycles. The number of nitrogens with one attached hydrogen (secondary N) is 1. The van der Waals surface area contributed by atoms with Crippen LogP contribution in [0, 0.1) is 0 Å². The van der Waals surface area contributed by atoms with Crippen molar-refractivity contribution in [2.24, 2.45) is 0 Å². The van der Waals surface area contributed by atoms with Gasteiger partial charge in [-0.2, -0.15) is 0 Å². The zero-order valence-corrected chi connectivity index (χ0v) is 14.9. The molecule has 0 spiro atoms. The van der Waals surface area contributed by atoms with Gasteiger partial charge >= 0.3 is 0 Å². The van der Waals surface area contributed by atoms with Gasteiger partial charge in [-0.3, -0.25) is 14.6 Å². The number of hydrogen-bond donors (Lipinski definition) is 1. The summed E-state index contributed by atoms with van der Waals surface area (Å²) in [6.45, 7) is 1.11. The van der Waals surface area contributed by atoms with E-state index in [4.69, 9.17) is 4.42 Å². The third-order valence-electron chi connectivity index (χ3n) is 4.07. The molecule has 2 amide bonds. The molecule has 0 saturated carbocycles. The van der Waals surface area contributed by atoms with Crippen molar-refractivity contribution in [3.05, 3.63) is 90.1 Å². The zero-order chi connectivity index (χ0) is 18.9. The Hall–Kier alpha value is -3.41. The molecule has 0 atom stereocenters. The predicted octanol–water partition coefficient (Wildman–Crippen LogP) is 3.02. The summed E-state index contributed by atoms with van der Waals surface area (Å²) in [4.78, 5) is 30.7. The van der Waals surface area contributed by atoms with Crippen LogP contribution in [0.25, 0.3) is 0 Å². The van der Waals surface area contributed by atoms with E-state index in [1.807, 2.05) is 48.5 Å². The highest BCUT2D eigenvalue weighted by Crippen LogP contribution is 2.11. The number of hydrogen-bond acceptors (Lipinski definition) is 4. The summed E-state index contributed by atoms with van der Waals surface area (Å²) < 4.78 is 5.02. The van der Waals surface area contributed by atoms with Crippen LogP contribution in [0.3, 0.4) is 0 Å². The van der Waals surface area contributed by atoms with Crippen molar-refractivity contribution in [3.63, 3.8) is 0 Å². The number of amides is 2. The van der Waals surface area contributed by atoms with Gasteiger partial charge in [-0.1, -0.05) is 36.4 Å². The number of furan rings is 1. The van der Waals surface area contributed by atoms with Crippen LogP contribution < -0.4 is 5.32 Å². The number of aromatic nitrogens is 1. The van der Waals surface area contributed by atoms with E-state index in [0.717, 1.165) is 11.3 Å². The average molecular weight is 363 g/mol. The van der Waals surface area contributed by atoms with Crippen molar-refractivity contribution >= 4 is 11.8 Å². The fourth-order valence-electron chi connectivity index (χ4n) is 2.64. The normalized spacial score (nSPS) is 10.4. The summed E-state index contributed by atoms with van der Waals surface area (Å²) in [6.07, 6.45) is 4.78. The minimum absolute atomic E-state index is 0.126. The number of rotatable bonds is 8. The largest absolute Gasteiger partial charge is 0.472 e. The quantitative estimate of drug-likeness (QED) is 0.667. The van der Waals surface area contributed by atoms with Crippen LogP contribution in [0.5, 0.6) is 0 Å². The van der Waals surface area contributed by atoms with Gasteiger partial charge in [-0.25, -0.2) is 0 Å². The molecule has 6 heteroatoms. The predicted molar refractivity (Wildman–Crippen MR) is 101 cm³/mol. The minimum Gasteiger partial charge on any atom is -0.472 e. The Morgan fingerprint density at radius 1 is 1.04 bits per heavy atom. The highest BCUT2D eigenvalue weighted by atomic mass is 16.3. The van der Waals surface area contributed by atoms with Gasteiger partial charge in [0.25, 0.3) is 5.91 Å². The van der Waals surface area contributed by atoms with Crippen LogP contribution in [-0.2, 0) is 17.9 Å². The van der Waals surface area contributed by atoms with Gasteiger partial charge in [0, 0.05) is 25.7 Å². The second kappa shape index (κ2) is 9.33. The van der Waals surface area contributed by atoms with Gasteiger partial charge in [0.15, 0.2) is 0 Å². The van der Waals surface area contributed by atoms with Crippen LogP contribution >= 0.6 is 0 Å². The molecule has 0 aliphatic heterocycles. The first-order valence-electron chi connectivity index (χ1n) is 8.74. The van der Waals surface area contributed by atoms with Gasteiger partial charge in [0.05, 0.1) is 24.1 Å². The van der Waals surface area contributed by atoms with Crippen molar-refractivity contribution < 1.29 is 14.0 Å². The Balaban J connectivity index is 1.59. The smallest absolute Gasteiger partial charge is 0.257 e. The molecule has 2 aromatic heterocycles. The first kappa shape index (κ1) is 18.4. The number of pyridine rings is 1. The maximum Gasteiger partial charge on any atom is 0.257 e. The molecule has 0 aliphatic rings. The molecule has 3 aromatic rings. The van der Waals surface area contributed by atoms with Gasteiger partial charge in [-0.15, -0.1) is 0 Å². The fourth-order valence-corrected chi connectivity index (χ4v) is 2.64. The number of carbonyl (C=O) groups excluding carboxylic acids is 2. The summed E-state index contributed by atoms with van der Waals surface area (Å²) in [7, 11) is 0. The molecule has 0 aliphatic carbocycles. The van der Waals surface area contributed by atoms with Crippen LogP contribution in [0.2, 0.25) is 0 Å². The topological polar surface area (TPSA) is 75.4 Å². The number of benzene rings is 1. The van der Waals surface area contributed by atoms with Gasteiger partial charge in [0.1, 0.15) is 6.26 Å². The Labute approximate surface area is 157 Å². The maximum atomic E-state index is 12.7. The monoisotopic (exact) mass is 363 g/mol. The molecular weight excluding hydrogens is 342 g/mol. The van der Waals surface area contributed by atoms with Crippen LogP contribution in [0.15, 0.2) is 77.7 Å². The molecule has 27 heavy (non-hydrogen) atoms. The first-order valence-corrected chi connectivity index (χ1v) is 8.74. The molecule has 6 nitrogen and oxygen atoms in total. The number of nitrogens with zero attached hydrogens (tertiary/aromatic N) is 2. The molecule has 1 aromatic carbocycles. The average Bonchev–Trinajstić information content (AvgIpc) is 3.25. The lowest BCUT2D eigenvalue weighted by Gasteiger charge is -2.22. The second-order valence-electron chi connectivity index (χ2n) is 6.07. The molecule has 0 bridgehead atoms. The van der Waals surface area contributed by atoms with Crippen molar-refractivity contribution in [1.29, 1.82) is 0 Å². The standard InChI is InChI=1S/C21H21N3O3/c25-20(23-14-19-8-4-5-11-22-19)9-12-24(15-17-6-2-1-3-7-17)21(26)18-10-13-27-16-18/h1-8,10-11,13,16H,9,12,14-15H2,(H,23,25). The minimum atomic E-state index is -0.162. The van der Waals surface area contributed by atoms with Crippen molar-refractivity contribution in [2.75, 3.05) is 6.54 Å².